The van der Waals surface area contributed by atoms with Gasteiger partial charge in [-0.25, -0.2) is 9.07 Å². The lowest BCUT2D eigenvalue weighted by molar-refractivity contribution is -0.119. The van der Waals surface area contributed by atoms with Crippen molar-refractivity contribution < 1.29 is 9.18 Å². The Bertz CT molecular complexity index is 1230. The van der Waals surface area contributed by atoms with Crippen molar-refractivity contribution in [2.24, 2.45) is 0 Å². The Kier molecular flexibility index (Phi) is 7.70. The van der Waals surface area contributed by atoms with E-state index in [4.69, 9.17) is 5.10 Å². The molecule has 188 valence electrons. The standard InChI is InChI=1S/C28H33FN6O/c1-5-34-25(36)18-24(21-12-14-22(29)15-13-21)26-27(20(2)33(19-30)17-9-16-32(3)4)31-35(28(26)34)23-10-7-6-8-11-23/h6-8,10-15,20,24H,5,9,16-18H2,1-4H3. The van der Waals surface area contributed by atoms with E-state index in [0.717, 1.165) is 41.3 Å². The van der Waals surface area contributed by atoms with Gasteiger partial charge in [-0.05, 0) is 70.7 Å². The van der Waals surface area contributed by atoms with Crippen LogP contribution in [0.25, 0.3) is 5.69 Å². The average molecular weight is 489 g/mol. The molecule has 1 aliphatic heterocycles. The molecule has 2 heterocycles. The van der Waals surface area contributed by atoms with E-state index in [2.05, 4.69) is 11.1 Å². The van der Waals surface area contributed by atoms with E-state index in [1.54, 1.807) is 21.9 Å². The van der Waals surface area contributed by atoms with Crippen LogP contribution in [0.2, 0.25) is 0 Å². The second-order valence-corrected chi connectivity index (χ2v) is 9.44. The first-order chi connectivity index (χ1) is 17.3. The highest BCUT2D eigenvalue weighted by atomic mass is 19.1. The summed E-state index contributed by atoms with van der Waals surface area (Å²) in [6.07, 6.45) is 3.47. The first-order valence-corrected chi connectivity index (χ1v) is 12.4. The molecule has 3 aromatic rings. The zero-order valence-corrected chi connectivity index (χ0v) is 21.4. The number of hydrogen-bond acceptors (Lipinski definition) is 5. The molecule has 0 aliphatic carbocycles. The van der Waals surface area contributed by atoms with E-state index in [1.807, 2.05) is 63.0 Å². The average Bonchev–Trinajstić information content (AvgIpc) is 3.27. The van der Waals surface area contributed by atoms with Crippen LogP contribution in [-0.4, -0.2) is 59.2 Å². The van der Waals surface area contributed by atoms with Crippen LogP contribution < -0.4 is 4.90 Å². The smallest absolute Gasteiger partial charge is 0.229 e. The zero-order valence-electron chi connectivity index (χ0n) is 21.4. The van der Waals surface area contributed by atoms with Gasteiger partial charge < -0.3 is 9.80 Å². The van der Waals surface area contributed by atoms with Crippen LogP contribution in [-0.2, 0) is 4.79 Å². The Morgan fingerprint density at radius 2 is 1.83 bits per heavy atom. The number of anilines is 1. The minimum absolute atomic E-state index is 0.00117. The molecule has 4 rings (SSSR count). The lowest BCUT2D eigenvalue weighted by atomic mass is 9.83. The van der Waals surface area contributed by atoms with Crippen molar-refractivity contribution >= 4 is 11.7 Å². The van der Waals surface area contributed by atoms with Crippen molar-refractivity contribution in [3.05, 3.63) is 77.2 Å². The van der Waals surface area contributed by atoms with Gasteiger partial charge in [-0.1, -0.05) is 30.3 Å². The number of aromatic nitrogens is 2. The van der Waals surface area contributed by atoms with Gasteiger partial charge in [-0.3, -0.25) is 9.69 Å². The van der Waals surface area contributed by atoms with Crippen molar-refractivity contribution in [3.63, 3.8) is 0 Å². The number of benzene rings is 2. The normalized spacial score (nSPS) is 16.1. The van der Waals surface area contributed by atoms with Crippen molar-refractivity contribution in [2.45, 2.75) is 38.6 Å². The quantitative estimate of drug-likeness (QED) is 0.323. The molecule has 0 radical (unpaired) electrons. The third kappa shape index (κ3) is 4.98. The predicted octanol–water partition coefficient (Wildman–Crippen LogP) is 4.70. The summed E-state index contributed by atoms with van der Waals surface area (Å²) in [5, 5.41) is 15.1. The minimum atomic E-state index is -0.318. The number of nitrogens with zero attached hydrogens (tertiary/aromatic N) is 6. The van der Waals surface area contributed by atoms with Gasteiger partial charge in [-0.15, -0.1) is 0 Å². The van der Waals surface area contributed by atoms with Gasteiger partial charge in [-0.2, -0.15) is 10.4 Å². The Morgan fingerprint density at radius 3 is 2.44 bits per heavy atom. The Labute approximate surface area is 212 Å². The van der Waals surface area contributed by atoms with Crippen molar-refractivity contribution in [2.75, 3.05) is 38.6 Å². The molecule has 2 unspecified atom stereocenters. The number of amides is 1. The summed E-state index contributed by atoms with van der Waals surface area (Å²) in [6.45, 7) is 5.91. The fourth-order valence-corrected chi connectivity index (χ4v) is 4.94. The van der Waals surface area contributed by atoms with E-state index in [-0.39, 0.29) is 30.1 Å². The molecule has 7 nitrogen and oxygen atoms in total. The van der Waals surface area contributed by atoms with Crippen molar-refractivity contribution in [1.82, 2.24) is 19.6 Å². The predicted molar refractivity (Wildman–Crippen MR) is 138 cm³/mol. The van der Waals surface area contributed by atoms with Gasteiger partial charge in [0.15, 0.2) is 6.19 Å². The largest absolute Gasteiger partial charge is 0.309 e. The van der Waals surface area contributed by atoms with Crippen LogP contribution in [0.3, 0.4) is 0 Å². The third-order valence-electron chi connectivity index (χ3n) is 6.79. The number of fused-ring (bicyclic) bond motifs is 1. The Morgan fingerprint density at radius 1 is 1.14 bits per heavy atom. The van der Waals surface area contributed by atoms with Gasteiger partial charge in [0.2, 0.25) is 5.91 Å². The van der Waals surface area contributed by atoms with E-state index in [0.29, 0.717) is 13.1 Å². The molecule has 36 heavy (non-hydrogen) atoms. The molecule has 1 amide bonds. The Balaban J connectivity index is 1.89. The second kappa shape index (κ2) is 10.9. The topological polar surface area (TPSA) is 68.4 Å². The minimum Gasteiger partial charge on any atom is -0.309 e. The highest BCUT2D eigenvalue weighted by Crippen LogP contribution is 2.45. The first kappa shape index (κ1) is 25.4. The number of carbonyl (C=O) groups is 1. The molecule has 0 bridgehead atoms. The maximum absolute atomic E-state index is 13.8. The van der Waals surface area contributed by atoms with E-state index in [9.17, 15) is 14.4 Å². The lowest BCUT2D eigenvalue weighted by Crippen LogP contribution is -2.38. The molecule has 8 heteroatoms. The second-order valence-electron chi connectivity index (χ2n) is 9.44. The molecule has 0 fully saturated rings. The fraction of sp³-hybridized carbons (Fsp3) is 0.393. The summed E-state index contributed by atoms with van der Waals surface area (Å²) >= 11 is 0. The van der Waals surface area contributed by atoms with E-state index >= 15 is 0 Å². The van der Waals surface area contributed by atoms with Crippen LogP contribution in [0.4, 0.5) is 10.2 Å². The van der Waals surface area contributed by atoms with Gasteiger partial charge in [0.1, 0.15) is 11.6 Å². The number of halogens is 1. The molecular formula is C28H33FN6O. The monoisotopic (exact) mass is 488 g/mol. The third-order valence-corrected chi connectivity index (χ3v) is 6.79. The maximum atomic E-state index is 13.8. The molecule has 0 saturated carbocycles. The van der Waals surface area contributed by atoms with Gasteiger partial charge >= 0.3 is 0 Å². The van der Waals surface area contributed by atoms with Gasteiger partial charge in [0.05, 0.1) is 17.4 Å². The van der Waals surface area contributed by atoms with Crippen LogP contribution in [0, 0.1) is 17.3 Å². The van der Waals surface area contributed by atoms with Crippen LogP contribution in [0.5, 0.6) is 0 Å². The fourth-order valence-electron chi connectivity index (χ4n) is 4.94. The zero-order chi connectivity index (χ0) is 25.8. The number of hydrogen-bond donors (Lipinski definition) is 0. The molecule has 2 aromatic carbocycles. The van der Waals surface area contributed by atoms with E-state index < -0.39 is 0 Å². The van der Waals surface area contributed by atoms with Crippen LogP contribution in [0.1, 0.15) is 55.5 Å². The highest BCUT2D eigenvalue weighted by Gasteiger charge is 2.40. The number of rotatable bonds is 9. The molecule has 0 N–H and O–H groups in total. The summed E-state index contributed by atoms with van der Waals surface area (Å²) in [5.74, 6) is 0.121. The number of para-hydroxylation sites is 1. The summed E-state index contributed by atoms with van der Waals surface area (Å²) in [5.41, 5.74) is 3.39. The molecule has 1 aromatic heterocycles. The lowest BCUT2D eigenvalue weighted by Gasteiger charge is -2.33. The maximum Gasteiger partial charge on any atom is 0.229 e. The van der Waals surface area contributed by atoms with E-state index in [1.165, 1.54) is 12.1 Å². The summed E-state index contributed by atoms with van der Waals surface area (Å²) < 4.78 is 15.6. The van der Waals surface area contributed by atoms with Crippen LogP contribution >= 0.6 is 0 Å². The SMILES string of the molecule is CCN1C(=O)CC(c2ccc(F)cc2)c2c(C(C)N(C#N)CCCN(C)C)nn(-c3ccccc3)c21. The van der Waals surface area contributed by atoms with Crippen molar-refractivity contribution in [3.8, 4) is 11.9 Å². The van der Waals surface area contributed by atoms with Crippen LogP contribution in [0.15, 0.2) is 54.6 Å². The van der Waals surface area contributed by atoms with Crippen molar-refractivity contribution in [1.29, 1.82) is 5.26 Å². The molecule has 0 saturated heterocycles. The van der Waals surface area contributed by atoms with Gasteiger partial charge in [0, 0.05) is 31.0 Å². The highest BCUT2D eigenvalue weighted by molar-refractivity contribution is 5.97. The molecule has 0 spiro atoms. The summed E-state index contributed by atoms with van der Waals surface area (Å²) in [7, 11) is 4.03. The molecule has 2 atom stereocenters. The summed E-state index contributed by atoms with van der Waals surface area (Å²) in [6, 6.07) is 15.8. The first-order valence-electron chi connectivity index (χ1n) is 12.4. The Hall–Kier alpha value is -3.70. The number of carbonyl (C=O) groups excluding carboxylic acids is 1. The number of nitriles is 1. The summed E-state index contributed by atoms with van der Waals surface area (Å²) in [4.78, 5) is 19.0. The van der Waals surface area contributed by atoms with Gasteiger partial charge in [0.25, 0.3) is 0 Å². The molecular weight excluding hydrogens is 455 g/mol. The molecule has 1 aliphatic rings.